The number of carbonyl (C=O) groups excluding carboxylic acids is 1. The topological polar surface area (TPSA) is 65.2 Å². The zero-order chi connectivity index (χ0) is 11.2. The van der Waals surface area contributed by atoms with Crippen LogP contribution in [0.3, 0.4) is 0 Å². The van der Waals surface area contributed by atoms with Gasteiger partial charge in [-0.05, 0) is 12.1 Å². The quantitative estimate of drug-likeness (QED) is 0.561. The van der Waals surface area contributed by atoms with Crippen molar-refractivity contribution < 1.29 is 13.9 Å². The van der Waals surface area contributed by atoms with E-state index in [1.807, 2.05) is 30.3 Å². The molecule has 0 aliphatic heterocycles. The highest BCUT2D eigenvalue weighted by molar-refractivity contribution is 5.51. The molecular formula is C11H10N2O3. The molecule has 0 spiro atoms. The zero-order valence-electron chi connectivity index (χ0n) is 8.50. The largest absolute Gasteiger partial charge is 0.467 e. The third-order valence-electron chi connectivity index (χ3n) is 1.99. The van der Waals surface area contributed by atoms with Crippen molar-refractivity contribution >= 4 is 6.47 Å². The van der Waals surface area contributed by atoms with Crippen LogP contribution < -0.4 is 0 Å². The molecule has 0 amide bonds. The maximum absolute atomic E-state index is 9.93. The van der Waals surface area contributed by atoms with E-state index in [-0.39, 0.29) is 6.61 Å². The molecular weight excluding hydrogens is 208 g/mol. The average molecular weight is 218 g/mol. The van der Waals surface area contributed by atoms with Crippen LogP contribution in [-0.4, -0.2) is 23.3 Å². The number of ether oxygens (including phenoxy) is 1. The zero-order valence-corrected chi connectivity index (χ0v) is 8.50. The minimum absolute atomic E-state index is 0.250. The molecule has 0 unspecified atom stereocenters. The van der Waals surface area contributed by atoms with Gasteiger partial charge < -0.3 is 9.15 Å². The van der Waals surface area contributed by atoms with Gasteiger partial charge in [-0.25, -0.2) is 0 Å². The summed E-state index contributed by atoms with van der Waals surface area (Å²) in [4.78, 5) is 9.93. The van der Waals surface area contributed by atoms with Gasteiger partial charge in [-0.3, -0.25) is 4.79 Å². The summed E-state index contributed by atoms with van der Waals surface area (Å²) in [5.74, 6) is 0.933. The van der Waals surface area contributed by atoms with Gasteiger partial charge >= 0.3 is 0 Å². The average Bonchev–Trinajstić information content (AvgIpc) is 2.79. The molecule has 0 saturated carbocycles. The van der Waals surface area contributed by atoms with Gasteiger partial charge in [0.2, 0.25) is 11.8 Å². The van der Waals surface area contributed by atoms with Crippen LogP contribution in [0.1, 0.15) is 5.89 Å². The van der Waals surface area contributed by atoms with E-state index in [9.17, 15) is 4.79 Å². The summed E-state index contributed by atoms with van der Waals surface area (Å²) in [6.07, 6.45) is 0.429. The Bertz CT molecular complexity index is 453. The highest BCUT2D eigenvalue weighted by Crippen LogP contribution is 2.16. The molecule has 1 aromatic carbocycles. The van der Waals surface area contributed by atoms with E-state index >= 15 is 0 Å². The minimum atomic E-state index is 0.250. The number of benzene rings is 1. The third kappa shape index (κ3) is 2.44. The summed E-state index contributed by atoms with van der Waals surface area (Å²) in [6.45, 7) is 0.647. The molecule has 2 aromatic rings. The van der Waals surface area contributed by atoms with Crippen molar-refractivity contribution in [2.45, 2.75) is 6.42 Å². The summed E-state index contributed by atoms with van der Waals surface area (Å²) in [7, 11) is 0. The fraction of sp³-hybridized carbons (Fsp3) is 0.182. The lowest BCUT2D eigenvalue weighted by atomic mass is 10.2. The molecule has 0 N–H and O–H groups in total. The molecule has 2 rings (SSSR count). The van der Waals surface area contributed by atoms with Crippen LogP contribution in [0.4, 0.5) is 0 Å². The van der Waals surface area contributed by atoms with Gasteiger partial charge in [-0.15, -0.1) is 10.2 Å². The van der Waals surface area contributed by atoms with Gasteiger partial charge in [0.1, 0.15) is 0 Å². The Morgan fingerprint density at radius 3 is 2.81 bits per heavy atom. The maximum Gasteiger partial charge on any atom is 0.293 e. The molecule has 0 radical (unpaired) electrons. The van der Waals surface area contributed by atoms with Crippen molar-refractivity contribution in [2.24, 2.45) is 0 Å². The summed E-state index contributed by atoms with van der Waals surface area (Å²) in [5, 5.41) is 7.76. The van der Waals surface area contributed by atoms with Crippen LogP contribution in [-0.2, 0) is 16.0 Å². The smallest absolute Gasteiger partial charge is 0.293 e. The first-order chi connectivity index (χ1) is 7.90. The molecule has 16 heavy (non-hydrogen) atoms. The fourth-order valence-electron chi connectivity index (χ4n) is 1.25. The lowest BCUT2D eigenvalue weighted by Crippen LogP contribution is -1.96. The normalized spacial score (nSPS) is 10.0. The lowest BCUT2D eigenvalue weighted by molar-refractivity contribution is -0.128. The van der Waals surface area contributed by atoms with E-state index in [2.05, 4.69) is 14.9 Å². The summed E-state index contributed by atoms with van der Waals surface area (Å²) in [6, 6.07) is 9.49. The molecule has 0 aliphatic carbocycles. The maximum atomic E-state index is 9.93. The van der Waals surface area contributed by atoms with Crippen LogP contribution >= 0.6 is 0 Å². The second-order valence-electron chi connectivity index (χ2n) is 3.08. The monoisotopic (exact) mass is 218 g/mol. The predicted octanol–water partition coefficient (Wildman–Crippen LogP) is 1.45. The van der Waals surface area contributed by atoms with Gasteiger partial charge in [0.15, 0.2) is 0 Å². The van der Waals surface area contributed by atoms with Crippen LogP contribution in [0.5, 0.6) is 0 Å². The molecule has 5 heteroatoms. The Kier molecular flexibility index (Phi) is 3.28. The molecule has 82 valence electrons. The van der Waals surface area contributed by atoms with Crippen molar-refractivity contribution in [1.82, 2.24) is 10.2 Å². The van der Waals surface area contributed by atoms with Crippen molar-refractivity contribution in [1.29, 1.82) is 0 Å². The van der Waals surface area contributed by atoms with Gasteiger partial charge in [0.05, 0.1) is 13.0 Å². The molecule has 0 aliphatic rings. The molecule has 0 bridgehead atoms. The van der Waals surface area contributed by atoms with E-state index in [4.69, 9.17) is 4.42 Å². The first-order valence-corrected chi connectivity index (χ1v) is 4.83. The van der Waals surface area contributed by atoms with Crippen molar-refractivity contribution in [3.63, 3.8) is 0 Å². The Morgan fingerprint density at radius 2 is 2.06 bits per heavy atom. The van der Waals surface area contributed by atoms with E-state index in [1.54, 1.807) is 0 Å². The fourth-order valence-corrected chi connectivity index (χ4v) is 1.25. The Labute approximate surface area is 92.1 Å². The van der Waals surface area contributed by atoms with Crippen molar-refractivity contribution in [3.05, 3.63) is 36.2 Å². The van der Waals surface area contributed by atoms with Crippen LogP contribution in [0.15, 0.2) is 34.7 Å². The van der Waals surface area contributed by atoms with E-state index in [0.29, 0.717) is 24.7 Å². The number of aromatic nitrogens is 2. The molecule has 0 atom stereocenters. The number of rotatable bonds is 5. The van der Waals surface area contributed by atoms with Gasteiger partial charge in [0, 0.05) is 5.56 Å². The molecule has 5 nitrogen and oxygen atoms in total. The van der Waals surface area contributed by atoms with Crippen LogP contribution in [0.2, 0.25) is 0 Å². The van der Waals surface area contributed by atoms with E-state index in [0.717, 1.165) is 5.56 Å². The Hall–Kier alpha value is -2.17. The second-order valence-corrected chi connectivity index (χ2v) is 3.08. The first kappa shape index (κ1) is 10.4. The molecule has 1 aromatic heterocycles. The van der Waals surface area contributed by atoms with Gasteiger partial charge in [-0.1, -0.05) is 18.2 Å². The van der Waals surface area contributed by atoms with Crippen molar-refractivity contribution in [2.75, 3.05) is 6.61 Å². The highest BCUT2D eigenvalue weighted by atomic mass is 16.5. The van der Waals surface area contributed by atoms with Crippen LogP contribution in [0.25, 0.3) is 11.5 Å². The summed E-state index contributed by atoms with van der Waals surface area (Å²) in [5.41, 5.74) is 0.873. The molecule has 0 saturated heterocycles. The minimum Gasteiger partial charge on any atom is -0.467 e. The Balaban J connectivity index is 2.05. The van der Waals surface area contributed by atoms with Crippen molar-refractivity contribution in [3.8, 4) is 11.5 Å². The molecule has 0 fully saturated rings. The first-order valence-electron chi connectivity index (χ1n) is 4.83. The van der Waals surface area contributed by atoms with Gasteiger partial charge in [-0.2, -0.15) is 0 Å². The summed E-state index contributed by atoms with van der Waals surface area (Å²) < 4.78 is 9.94. The highest BCUT2D eigenvalue weighted by Gasteiger charge is 2.07. The second kappa shape index (κ2) is 5.06. The Morgan fingerprint density at radius 1 is 1.25 bits per heavy atom. The molecule has 1 heterocycles. The van der Waals surface area contributed by atoms with E-state index < -0.39 is 0 Å². The van der Waals surface area contributed by atoms with Crippen LogP contribution in [0, 0.1) is 0 Å². The summed E-state index contributed by atoms with van der Waals surface area (Å²) >= 11 is 0. The number of carbonyl (C=O) groups is 1. The third-order valence-corrected chi connectivity index (χ3v) is 1.99. The number of hydrogen-bond acceptors (Lipinski definition) is 5. The van der Waals surface area contributed by atoms with Gasteiger partial charge in [0.25, 0.3) is 6.47 Å². The van der Waals surface area contributed by atoms with E-state index in [1.165, 1.54) is 0 Å². The standard InChI is InChI=1S/C11H10N2O3/c14-8-15-7-6-10-12-13-11(16-10)9-4-2-1-3-5-9/h1-5,8H,6-7H2. The SMILES string of the molecule is O=COCCc1nnc(-c2ccccc2)o1. The predicted molar refractivity (Wildman–Crippen MR) is 55.5 cm³/mol. The number of nitrogens with zero attached hydrogens (tertiary/aromatic N) is 2. The number of hydrogen-bond donors (Lipinski definition) is 0. The lowest BCUT2D eigenvalue weighted by Gasteiger charge is -1.93.